The van der Waals surface area contributed by atoms with Crippen molar-refractivity contribution in [1.82, 2.24) is 4.90 Å². The number of rotatable bonds is 11. The topological polar surface area (TPSA) is 93.0 Å². The molecule has 0 radical (unpaired) electrons. The molecule has 1 fully saturated rings. The van der Waals surface area contributed by atoms with Gasteiger partial charge < -0.3 is 4.74 Å². The van der Waals surface area contributed by atoms with Gasteiger partial charge in [-0.15, -0.1) is 6.58 Å². The molecule has 2 aliphatic heterocycles. The van der Waals surface area contributed by atoms with Crippen molar-refractivity contribution in [3.8, 4) is 0 Å². The molecular formula is C39H35N3O5S. The first-order valence-corrected chi connectivity index (χ1v) is 17.3. The summed E-state index contributed by atoms with van der Waals surface area (Å²) in [6, 6.07) is 43.3. The first-order chi connectivity index (χ1) is 23.4. The van der Waals surface area contributed by atoms with E-state index in [9.17, 15) is 18.5 Å². The zero-order valence-corrected chi connectivity index (χ0v) is 27.0. The zero-order valence-electron chi connectivity index (χ0n) is 26.2. The first kappa shape index (κ1) is 31.5. The molecule has 1 saturated heterocycles. The molecule has 0 unspecified atom stereocenters. The molecule has 0 bridgehead atoms. The van der Waals surface area contributed by atoms with Crippen LogP contribution in [0.25, 0.3) is 0 Å². The second-order valence-corrected chi connectivity index (χ2v) is 13.9. The number of hydrogen-bond acceptors (Lipinski definition) is 6. The Kier molecular flexibility index (Phi) is 8.43. The average Bonchev–Trinajstić information content (AvgIpc) is 3.13. The molecule has 0 N–H and O–H groups in total. The molecule has 0 aliphatic carbocycles. The Morgan fingerprint density at radius 1 is 0.792 bits per heavy atom. The van der Waals surface area contributed by atoms with Gasteiger partial charge in [0, 0.05) is 30.6 Å². The zero-order chi connectivity index (χ0) is 33.3. The third kappa shape index (κ3) is 5.20. The van der Waals surface area contributed by atoms with Crippen molar-refractivity contribution in [2.24, 2.45) is 0 Å². The summed E-state index contributed by atoms with van der Waals surface area (Å²) in [6.45, 7) is 5.01. The summed E-state index contributed by atoms with van der Waals surface area (Å²) >= 11 is 0. The van der Waals surface area contributed by atoms with E-state index in [1.165, 1.54) is 28.6 Å². The van der Waals surface area contributed by atoms with E-state index >= 15 is 0 Å². The summed E-state index contributed by atoms with van der Waals surface area (Å²) in [5, 5.41) is 11.9. The maximum atomic E-state index is 14.2. The Hall–Kier alpha value is -5.09. The van der Waals surface area contributed by atoms with E-state index < -0.39 is 26.2 Å². The monoisotopic (exact) mass is 657 g/mol. The minimum absolute atomic E-state index is 0.0432. The third-order valence-electron chi connectivity index (χ3n) is 9.58. The van der Waals surface area contributed by atoms with Crippen molar-refractivity contribution in [2.45, 2.75) is 28.5 Å². The molecule has 5 aromatic carbocycles. The Labute approximate surface area is 280 Å². The Morgan fingerprint density at radius 3 is 1.88 bits per heavy atom. The molecule has 0 saturated carbocycles. The largest absolute Gasteiger partial charge is 0.359 e. The van der Waals surface area contributed by atoms with Gasteiger partial charge in [0.05, 0.1) is 23.8 Å². The predicted octanol–water partition coefficient (Wildman–Crippen LogP) is 7.13. The fourth-order valence-electron chi connectivity index (χ4n) is 7.48. The van der Waals surface area contributed by atoms with Crippen LogP contribution in [0.1, 0.15) is 28.2 Å². The molecule has 9 heteroatoms. The molecule has 48 heavy (non-hydrogen) atoms. The van der Waals surface area contributed by atoms with Crippen LogP contribution in [0.15, 0.2) is 157 Å². The van der Waals surface area contributed by atoms with Crippen LogP contribution in [-0.2, 0) is 20.4 Å². The molecule has 0 aromatic heterocycles. The van der Waals surface area contributed by atoms with Gasteiger partial charge in [-0.3, -0.25) is 19.3 Å². The minimum atomic E-state index is -4.27. The Bertz CT molecular complexity index is 1940. The van der Waals surface area contributed by atoms with Gasteiger partial charge in [-0.1, -0.05) is 127 Å². The van der Waals surface area contributed by atoms with E-state index in [0.717, 1.165) is 22.3 Å². The summed E-state index contributed by atoms with van der Waals surface area (Å²) in [5.41, 5.74) is 3.04. The van der Waals surface area contributed by atoms with Crippen LogP contribution in [0, 0.1) is 10.1 Å². The molecule has 3 atom stereocenters. The van der Waals surface area contributed by atoms with E-state index in [0.29, 0.717) is 18.8 Å². The van der Waals surface area contributed by atoms with Crippen molar-refractivity contribution >= 4 is 21.4 Å². The Balaban J connectivity index is 1.30. The van der Waals surface area contributed by atoms with Crippen molar-refractivity contribution in [2.75, 3.05) is 24.0 Å². The number of para-hydroxylation sites is 2. The molecular weight excluding hydrogens is 623 g/mol. The number of likely N-dealkylation sites (tertiary alicyclic amines) is 1. The number of fused-ring (bicyclic) bond motifs is 3. The number of nitro benzene ring substituents is 1. The van der Waals surface area contributed by atoms with Gasteiger partial charge in [0.1, 0.15) is 5.60 Å². The number of nitrogens with zero attached hydrogens (tertiary/aromatic N) is 3. The maximum Gasteiger partial charge on any atom is 0.289 e. The number of benzene rings is 5. The average molecular weight is 658 g/mol. The van der Waals surface area contributed by atoms with E-state index in [4.69, 9.17) is 4.74 Å². The lowest BCUT2D eigenvalue weighted by Gasteiger charge is -2.59. The van der Waals surface area contributed by atoms with Crippen LogP contribution >= 0.6 is 0 Å². The molecule has 242 valence electrons. The van der Waals surface area contributed by atoms with Gasteiger partial charge in [-0.2, -0.15) is 0 Å². The van der Waals surface area contributed by atoms with E-state index in [2.05, 4.69) is 47.9 Å². The number of sulfonamides is 1. The molecule has 2 heterocycles. The van der Waals surface area contributed by atoms with Crippen LogP contribution in [0.3, 0.4) is 0 Å². The highest BCUT2D eigenvalue weighted by Crippen LogP contribution is 2.51. The summed E-state index contributed by atoms with van der Waals surface area (Å²) < 4.78 is 37.0. The summed E-state index contributed by atoms with van der Waals surface area (Å²) in [6.07, 6.45) is 1.82. The maximum absolute atomic E-state index is 14.2. The van der Waals surface area contributed by atoms with Gasteiger partial charge >= 0.3 is 0 Å². The summed E-state index contributed by atoms with van der Waals surface area (Å²) in [4.78, 5) is 13.1. The molecule has 7 rings (SSSR count). The Morgan fingerprint density at radius 2 is 1.31 bits per heavy atom. The second-order valence-electron chi connectivity index (χ2n) is 12.1. The lowest BCUT2D eigenvalue weighted by Crippen LogP contribution is -2.69. The lowest BCUT2D eigenvalue weighted by atomic mass is 9.72. The fraction of sp³-hybridized carbons (Fsp3) is 0.179. The van der Waals surface area contributed by atoms with Crippen molar-refractivity contribution in [3.05, 3.63) is 185 Å². The molecule has 0 amide bonds. The van der Waals surface area contributed by atoms with Gasteiger partial charge in [0.25, 0.3) is 15.7 Å². The first-order valence-electron chi connectivity index (χ1n) is 15.9. The summed E-state index contributed by atoms with van der Waals surface area (Å²) in [7, 11) is -4.27. The summed E-state index contributed by atoms with van der Waals surface area (Å²) in [5.74, 6) is -0.0432. The van der Waals surface area contributed by atoms with Crippen LogP contribution in [-0.4, -0.2) is 50.0 Å². The number of hydrogen-bond donors (Lipinski definition) is 0. The van der Waals surface area contributed by atoms with Gasteiger partial charge in [-0.25, -0.2) is 8.42 Å². The fourth-order valence-corrected chi connectivity index (χ4v) is 9.15. The molecule has 2 aliphatic rings. The highest BCUT2D eigenvalue weighted by molar-refractivity contribution is 7.93. The van der Waals surface area contributed by atoms with Gasteiger partial charge in [-0.05, 0) is 34.4 Å². The number of nitro groups is 1. The van der Waals surface area contributed by atoms with E-state index in [-0.39, 0.29) is 29.4 Å². The van der Waals surface area contributed by atoms with Crippen molar-refractivity contribution in [3.63, 3.8) is 0 Å². The standard InChI is InChI=1S/C39H35N3O5S/c1-2-26-40-35-27-41(48(45,46)37-25-15-14-24-34(37)42(43)44)33-23-13-12-22-32(33)38(35)36(40)28-47-39(29-16-6-3-7-17-29,30-18-8-4-9-19-30)31-20-10-5-11-21-31/h2-25,35-36,38H,1,26-28H2/t35-,36+,38+/m0/s1. The van der Waals surface area contributed by atoms with E-state index in [1.54, 1.807) is 12.1 Å². The molecule has 8 nitrogen and oxygen atoms in total. The minimum Gasteiger partial charge on any atom is -0.359 e. The lowest BCUT2D eigenvalue weighted by molar-refractivity contribution is -0.387. The van der Waals surface area contributed by atoms with Crippen molar-refractivity contribution in [1.29, 1.82) is 0 Å². The molecule has 0 spiro atoms. The SMILES string of the molecule is C=CCN1[C@H](COC(c2ccccc2)(c2ccccc2)c2ccccc2)[C@@H]2c3ccccc3N(S(=O)(=O)c3ccccc3[N+](=O)[O-])C[C@@H]21. The smallest absolute Gasteiger partial charge is 0.289 e. The molecule has 5 aromatic rings. The van der Waals surface area contributed by atoms with Crippen molar-refractivity contribution < 1.29 is 18.1 Å². The highest BCUT2D eigenvalue weighted by Gasteiger charge is 2.55. The number of ether oxygens (including phenoxy) is 1. The number of anilines is 1. The van der Waals surface area contributed by atoms with Gasteiger partial charge in [0.15, 0.2) is 4.90 Å². The normalized spacial score (nSPS) is 19.1. The van der Waals surface area contributed by atoms with Crippen LogP contribution in [0.5, 0.6) is 0 Å². The third-order valence-corrected chi connectivity index (χ3v) is 11.4. The predicted molar refractivity (Wildman–Crippen MR) is 186 cm³/mol. The highest BCUT2D eigenvalue weighted by atomic mass is 32.2. The van der Waals surface area contributed by atoms with Crippen LogP contribution < -0.4 is 4.31 Å². The second kappa shape index (κ2) is 12.8. The van der Waals surface area contributed by atoms with Crippen LogP contribution in [0.4, 0.5) is 11.4 Å². The quantitative estimate of drug-likeness (QED) is 0.0649. The van der Waals surface area contributed by atoms with E-state index in [1.807, 2.05) is 72.8 Å². The van der Waals surface area contributed by atoms with Crippen LogP contribution in [0.2, 0.25) is 0 Å². The van der Waals surface area contributed by atoms with Gasteiger partial charge in [0.2, 0.25) is 0 Å².